The largest absolute Gasteiger partial charge is 0.323 e. The lowest BCUT2D eigenvalue weighted by atomic mass is 10.1. The van der Waals surface area contributed by atoms with E-state index >= 15 is 0 Å². The lowest BCUT2D eigenvalue weighted by Gasteiger charge is -2.03. The fourth-order valence-corrected chi connectivity index (χ4v) is 2.37. The van der Waals surface area contributed by atoms with Gasteiger partial charge in [-0.15, -0.1) is 0 Å². The minimum atomic E-state index is 1.05. The van der Waals surface area contributed by atoms with Crippen molar-refractivity contribution in [2.24, 2.45) is 0 Å². The molecular formula is C15H10N2. The van der Waals surface area contributed by atoms with Crippen molar-refractivity contribution in [1.82, 2.24) is 9.38 Å². The van der Waals surface area contributed by atoms with Crippen LogP contribution in [-0.4, -0.2) is 9.38 Å². The van der Waals surface area contributed by atoms with E-state index in [2.05, 4.69) is 53.2 Å². The van der Waals surface area contributed by atoms with E-state index in [4.69, 9.17) is 4.98 Å². The third-order valence-electron chi connectivity index (χ3n) is 3.20. The Morgan fingerprint density at radius 1 is 0.824 bits per heavy atom. The molecule has 0 bridgehead atoms. The molecule has 4 aromatic rings. The molecule has 17 heavy (non-hydrogen) atoms. The molecule has 80 valence electrons. The zero-order valence-corrected chi connectivity index (χ0v) is 9.17. The molecule has 2 nitrogen and oxygen atoms in total. The molecule has 0 unspecified atom stereocenters. The Morgan fingerprint density at radius 3 is 2.76 bits per heavy atom. The molecule has 0 atom stereocenters. The first kappa shape index (κ1) is 8.76. The second-order valence-electron chi connectivity index (χ2n) is 4.23. The van der Waals surface area contributed by atoms with Gasteiger partial charge in [-0.05, 0) is 30.3 Å². The Hall–Kier alpha value is -2.35. The molecule has 3 aromatic heterocycles. The molecule has 0 fully saturated rings. The van der Waals surface area contributed by atoms with E-state index < -0.39 is 0 Å². The van der Waals surface area contributed by atoms with Gasteiger partial charge < -0.3 is 4.40 Å². The molecule has 0 spiro atoms. The SMILES string of the molecule is c1ccc2nc3ccn4cccc4c3cc2c1. The highest BCUT2D eigenvalue weighted by molar-refractivity contribution is 6.00. The van der Waals surface area contributed by atoms with E-state index in [1.807, 2.05) is 12.1 Å². The topological polar surface area (TPSA) is 17.3 Å². The molecule has 0 saturated carbocycles. The quantitative estimate of drug-likeness (QED) is 0.412. The van der Waals surface area contributed by atoms with Gasteiger partial charge in [0, 0.05) is 23.2 Å². The first-order chi connectivity index (χ1) is 8.42. The van der Waals surface area contributed by atoms with Crippen molar-refractivity contribution in [2.75, 3.05) is 0 Å². The van der Waals surface area contributed by atoms with Gasteiger partial charge in [-0.2, -0.15) is 0 Å². The Balaban J connectivity index is 2.29. The van der Waals surface area contributed by atoms with Gasteiger partial charge in [-0.3, -0.25) is 0 Å². The van der Waals surface area contributed by atoms with Gasteiger partial charge in [-0.25, -0.2) is 4.98 Å². The van der Waals surface area contributed by atoms with Crippen LogP contribution < -0.4 is 0 Å². The highest BCUT2D eigenvalue weighted by atomic mass is 14.9. The summed E-state index contributed by atoms with van der Waals surface area (Å²) in [6.07, 6.45) is 4.11. The van der Waals surface area contributed by atoms with E-state index in [9.17, 15) is 0 Å². The second-order valence-corrected chi connectivity index (χ2v) is 4.23. The Kier molecular flexibility index (Phi) is 1.59. The van der Waals surface area contributed by atoms with Crippen LogP contribution in [0.15, 0.2) is 60.9 Å². The Morgan fingerprint density at radius 2 is 1.76 bits per heavy atom. The maximum absolute atomic E-state index is 4.69. The monoisotopic (exact) mass is 218 g/mol. The molecule has 0 aliphatic heterocycles. The van der Waals surface area contributed by atoms with Crippen LogP contribution in [-0.2, 0) is 0 Å². The van der Waals surface area contributed by atoms with Crippen LogP contribution in [0.3, 0.4) is 0 Å². The maximum atomic E-state index is 4.69. The highest BCUT2D eigenvalue weighted by Crippen LogP contribution is 2.23. The van der Waals surface area contributed by atoms with Gasteiger partial charge in [0.05, 0.1) is 16.6 Å². The first-order valence-electron chi connectivity index (χ1n) is 5.67. The Labute approximate surface area is 98.1 Å². The summed E-state index contributed by atoms with van der Waals surface area (Å²) < 4.78 is 2.12. The summed E-state index contributed by atoms with van der Waals surface area (Å²) in [5.41, 5.74) is 3.31. The number of hydrogen-bond acceptors (Lipinski definition) is 1. The number of pyridine rings is 2. The number of rotatable bonds is 0. The average Bonchev–Trinajstić information content (AvgIpc) is 2.85. The van der Waals surface area contributed by atoms with E-state index in [0.717, 1.165) is 11.0 Å². The van der Waals surface area contributed by atoms with Crippen LogP contribution in [0.4, 0.5) is 0 Å². The summed E-state index contributed by atoms with van der Waals surface area (Å²) in [6, 6.07) is 16.7. The van der Waals surface area contributed by atoms with E-state index in [0.29, 0.717) is 0 Å². The molecule has 3 heterocycles. The van der Waals surface area contributed by atoms with Crippen LogP contribution in [0.1, 0.15) is 0 Å². The van der Waals surface area contributed by atoms with Gasteiger partial charge in [-0.1, -0.05) is 18.2 Å². The molecule has 4 rings (SSSR count). The smallest absolute Gasteiger partial charge is 0.0745 e. The van der Waals surface area contributed by atoms with E-state index in [1.54, 1.807) is 0 Å². The number of benzene rings is 1. The summed E-state index contributed by atoms with van der Waals surface area (Å²) in [6.45, 7) is 0. The number of para-hydroxylation sites is 1. The Bertz CT molecular complexity index is 843. The van der Waals surface area contributed by atoms with Crippen molar-refractivity contribution in [1.29, 1.82) is 0 Å². The van der Waals surface area contributed by atoms with Gasteiger partial charge >= 0.3 is 0 Å². The maximum Gasteiger partial charge on any atom is 0.0745 e. The summed E-state index contributed by atoms with van der Waals surface area (Å²) in [5.74, 6) is 0. The molecule has 0 amide bonds. The van der Waals surface area contributed by atoms with E-state index in [-0.39, 0.29) is 0 Å². The predicted octanol–water partition coefficient (Wildman–Crippen LogP) is 3.64. The number of nitrogens with zero attached hydrogens (tertiary/aromatic N) is 2. The van der Waals surface area contributed by atoms with Gasteiger partial charge in [0.25, 0.3) is 0 Å². The van der Waals surface area contributed by atoms with Crippen LogP contribution in [0.5, 0.6) is 0 Å². The predicted molar refractivity (Wildman–Crippen MR) is 70.2 cm³/mol. The lowest BCUT2D eigenvalue weighted by Crippen LogP contribution is -1.87. The van der Waals surface area contributed by atoms with Crippen molar-refractivity contribution in [3.05, 3.63) is 60.9 Å². The minimum Gasteiger partial charge on any atom is -0.323 e. The van der Waals surface area contributed by atoms with Gasteiger partial charge in [0.1, 0.15) is 0 Å². The van der Waals surface area contributed by atoms with Gasteiger partial charge in [0.2, 0.25) is 0 Å². The fraction of sp³-hybridized carbons (Fsp3) is 0. The van der Waals surface area contributed by atoms with Crippen molar-refractivity contribution in [3.8, 4) is 0 Å². The molecule has 0 aliphatic rings. The molecule has 2 heteroatoms. The van der Waals surface area contributed by atoms with Crippen molar-refractivity contribution < 1.29 is 0 Å². The van der Waals surface area contributed by atoms with Crippen molar-refractivity contribution >= 4 is 27.3 Å². The lowest BCUT2D eigenvalue weighted by molar-refractivity contribution is 1.21. The second kappa shape index (κ2) is 3.08. The van der Waals surface area contributed by atoms with Crippen LogP contribution in [0.2, 0.25) is 0 Å². The number of hydrogen-bond donors (Lipinski definition) is 0. The normalized spacial score (nSPS) is 11.5. The van der Waals surface area contributed by atoms with Crippen LogP contribution in [0, 0.1) is 0 Å². The van der Waals surface area contributed by atoms with Crippen molar-refractivity contribution in [2.45, 2.75) is 0 Å². The highest BCUT2D eigenvalue weighted by Gasteiger charge is 2.03. The molecule has 1 aromatic carbocycles. The zero-order valence-electron chi connectivity index (χ0n) is 9.17. The molecular weight excluding hydrogens is 208 g/mol. The van der Waals surface area contributed by atoms with Crippen LogP contribution in [0.25, 0.3) is 27.3 Å². The summed E-state index contributed by atoms with van der Waals surface area (Å²) >= 11 is 0. The molecule has 0 aliphatic carbocycles. The number of fused-ring (bicyclic) bond motifs is 4. The molecule has 0 saturated heterocycles. The summed E-state index contributed by atoms with van der Waals surface area (Å²) in [7, 11) is 0. The standard InChI is InChI=1S/C15H10N2/c1-2-5-13-11(4-1)10-12-14(16-13)7-9-17-8-3-6-15(12)17/h1-10H. The van der Waals surface area contributed by atoms with E-state index in [1.165, 1.54) is 16.3 Å². The third kappa shape index (κ3) is 1.18. The summed E-state index contributed by atoms with van der Waals surface area (Å²) in [4.78, 5) is 4.69. The van der Waals surface area contributed by atoms with Crippen LogP contribution >= 0.6 is 0 Å². The average molecular weight is 218 g/mol. The minimum absolute atomic E-state index is 1.05. The molecule has 0 radical (unpaired) electrons. The van der Waals surface area contributed by atoms with Gasteiger partial charge in [0.15, 0.2) is 0 Å². The zero-order chi connectivity index (χ0) is 11.2. The first-order valence-corrected chi connectivity index (χ1v) is 5.67. The molecule has 0 N–H and O–H groups in total. The number of aromatic nitrogens is 2. The third-order valence-corrected chi connectivity index (χ3v) is 3.20. The summed E-state index contributed by atoms with van der Waals surface area (Å²) in [5, 5.41) is 2.39. The fourth-order valence-electron chi connectivity index (χ4n) is 2.37. The van der Waals surface area contributed by atoms with Crippen molar-refractivity contribution in [3.63, 3.8) is 0 Å².